The first-order valence-corrected chi connectivity index (χ1v) is 8.51. The van der Waals surface area contributed by atoms with Gasteiger partial charge in [-0.15, -0.1) is 0 Å². The fourth-order valence-corrected chi connectivity index (χ4v) is 2.90. The Morgan fingerprint density at radius 3 is 2.19 bits per heavy atom. The Hall–Kier alpha value is -3.48. The zero-order chi connectivity index (χ0) is 19.6. The maximum atomic E-state index is 12.6. The van der Waals surface area contributed by atoms with E-state index >= 15 is 0 Å². The van der Waals surface area contributed by atoms with Crippen LogP contribution < -0.4 is 10.6 Å². The number of anilines is 2. The van der Waals surface area contributed by atoms with E-state index in [1.54, 1.807) is 47.3 Å². The second kappa shape index (κ2) is 7.41. The topological polar surface area (TPSA) is 88.9 Å². The fraction of sp³-hybridized carbons (Fsp3) is 0.200. The highest BCUT2D eigenvalue weighted by Gasteiger charge is 2.15. The summed E-state index contributed by atoms with van der Waals surface area (Å²) in [6, 6.07) is 10.4. The van der Waals surface area contributed by atoms with Crippen LogP contribution in [-0.4, -0.2) is 26.6 Å². The summed E-state index contributed by atoms with van der Waals surface area (Å²) in [6.45, 7) is 5.34. The molecule has 7 nitrogen and oxygen atoms in total. The average molecular weight is 363 g/mol. The first-order valence-electron chi connectivity index (χ1n) is 8.51. The normalized spacial score (nSPS) is 10.5. The van der Waals surface area contributed by atoms with Gasteiger partial charge in [-0.2, -0.15) is 5.10 Å². The summed E-state index contributed by atoms with van der Waals surface area (Å²) in [5.41, 5.74) is 5.34. The van der Waals surface area contributed by atoms with Crippen LogP contribution in [0.2, 0.25) is 0 Å². The van der Waals surface area contributed by atoms with Gasteiger partial charge in [-0.05, 0) is 50.2 Å². The maximum absolute atomic E-state index is 12.6. The molecule has 0 aliphatic heterocycles. The number of rotatable bonds is 4. The molecule has 3 rings (SSSR count). The van der Waals surface area contributed by atoms with Crippen molar-refractivity contribution in [1.29, 1.82) is 0 Å². The summed E-state index contributed by atoms with van der Waals surface area (Å²) in [4.78, 5) is 28.1. The minimum absolute atomic E-state index is 0.142. The Morgan fingerprint density at radius 1 is 1.00 bits per heavy atom. The molecule has 7 heteroatoms. The van der Waals surface area contributed by atoms with Gasteiger partial charge in [0.25, 0.3) is 5.91 Å². The number of hydrogen-bond acceptors (Lipinski definition) is 4. The molecule has 0 fully saturated rings. The summed E-state index contributed by atoms with van der Waals surface area (Å²) in [6.07, 6.45) is 1.62. The van der Waals surface area contributed by atoms with Crippen molar-refractivity contribution in [2.45, 2.75) is 20.8 Å². The van der Waals surface area contributed by atoms with Crippen LogP contribution in [0.4, 0.5) is 11.4 Å². The first-order chi connectivity index (χ1) is 12.8. The number of aryl methyl sites for hydroxylation is 2. The van der Waals surface area contributed by atoms with E-state index in [9.17, 15) is 9.59 Å². The lowest BCUT2D eigenvalue weighted by Gasteiger charge is -2.08. The van der Waals surface area contributed by atoms with Crippen LogP contribution in [0.3, 0.4) is 0 Å². The quantitative estimate of drug-likeness (QED) is 0.744. The number of nitrogens with zero attached hydrogens (tertiary/aromatic N) is 3. The molecule has 0 bridgehead atoms. The lowest BCUT2D eigenvalue weighted by Crippen LogP contribution is -2.12. The summed E-state index contributed by atoms with van der Waals surface area (Å²) in [5, 5.41) is 9.94. The van der Waals surface area contributed by atoms with Crippen molar-refractivity contribution in [3.05, 3.63) is 59.5 Å². The van der Waals surface area contributed by atoms with Crippen molar-refractivity contribution in [2.24, 2.45) is 7.05 Å². The number of carbonyl (C=O) groups excluding carboxylic acids is 2. The van der Waals surface area contributed by atoms with Gasteiger partial charge in [0, 0.05) is 48.4 Å². The SMILES string of the molecule is CC(=O)Nc1ccc(NC(=O)c2ccnc(-c3c(C)nn(C)c3C)c2)cc1. The highest BCUT2D eigenvalue weighted by molar-refractivity contribution is 6.05. The molecule has 0 unspecified atom stereocenters. The van der Waals surface area contributed by atoms with Crippen LogP contribution in [0.1, 0.15) is 28.7 Å². The zero-order valence-corrected chi connectivity index (χ0v) is 15.7. The molecule has 138 valence electrons. The summed E-state index contributed by atoms with van der Waals surface area (Å²) in [7, 11) is 1.88. The lowest BCUT2D eigenvalue weighted by molar-refractivity contribution is -0.114. The standard InChI is InChI=1S/C20H21N5O2/c1-12-19(13(2)25(4)24-12)18-11-15(9-10-21-18)20(27)23-17-7-5-16(6-8-17)22-14(3)26/h5-11H,1-4H3,(H,22,26)(H,23,27). The molecule has 2 heterocycles. The van der Waals surface area contributed by atoms with Gasteiger partial charge in [0.15, 0.2) is 0 Å². The predicted molar refractivity (Wildman–Crippen MR) is 105 cm³/mol. The van der Waals surface area contributed by atoms with E-state index in [4.69, 9.17) is 0 Å². The second-order valence-corrected chi connectivity index (χ2v) is 6.31. The molecular weight excluding hydrogens is 342 g/mol. The third-order valence-electron chi connectivity index (χ3n) is 4.25. The number of aromatic nitrogens is 3. The lowest BCUT2D eigenvalue weighted by atomic mass is 10.1. The monoisotopic (exact) mass is 363 g/mol. The minimum atomic E-state index is -0.231. The number of nitrogens with one attached hydrogen (secondary N) is 2. The molecule has 3 aromatic rings. The van der Waals surface area contributed by atoms with Gasteiger partial charge in [0.1, 0.15) is 0 Å². The average Bonchev–Trinajstić information content (AvgIpc) is 2.88. The fourth-order valence-electron chi connectivity index (χ4n) is 2.90. The Kier molecular flexibility index (Phi) is 5.03. The predicted octanol–water partition coefficient (Wildman–Crippen LogP) is 3.31. The molecule has 0 saturated heterocycles. The molecule has 0 spiro atoms. The molecule has 27 heavy (non-hydrogen) atoms. The van der Waals surface area contributed by atoms with Gasteiger partial charge in [-0.25, -0.2) is 0 Å². The van der Waals surface area contributed by atoms with Crippen molar-refractivity contribution in [2.75, 3.05) is 10.6 Å². The van der Waals surface area contributed by atoms with Gasteiger partial charge in [0.2, 0.25) is 5.91 Å². The molecule has 2 amide bonds. The number of pyridine rings is 1. The van der Waals surface area contributed by atoms with Crippen LogP contribution in [0.5, 0.6) is 0 Å². The van der Waals surface area contributed by atoms with E-state index < -0.39 is 0 Å². The molecule has 0 atom stereocenters. The van der Waals surface area contributed by atoms with Gasteiger partial charge in [-0.1, -0.05) is 0 Å². The molecule has 0 radical (unpaired) electrons. The molecule has 2 N–H and O–H groups in total. The number of amides is 2. The molecule has 1 aromatic carbocycles. The smallest absolute Gasteiger partial charge is 0.255 e. The van der Waals surface area contributed by atoms with Crippen molar-refractivity contribution < 1.29 is 9.59 Å². The molecule has 0 saturated carbocycles. The third kappa shape index (κ3) is 4.03. The molecular formula is C20H21N5O2. The Bertz CT molecular complexity index is 1010. The highest BCUT2D eigenvalue weighted by atomic mass is 16.2. The van der Waals surface area contributed by atoms with Crippen molar-refractivity contribution in [3.8, 4) is 11.3 Å². The van der Waals surface area contributed by atoms with Crippen molar-refractivity contribution in [1.82, 2.24) is 14.8 Å². The molecule has 0 aliphatic rings. The van der Waals surface area contributed by atoms with E-state index in [1.165, 1.54) is 6.92 Å². The second-order valence-electron chi connectivity index (χ2n) is 6.31. The van der Waals surface area contributed by atoms with Gasteiger partial charge < -0.3 is 10.6 Å². The summed E-state index contributed by atoms with van der Waals surface area (Å²) >= 11 is 0. The first kappa shape index (κ1) is 18.3. The zero-order valence-electron chi connectivity index (χ0n) is 15.7. The number of benzene rings is 1. The molecule has 2 aromatic heterocycles. The minimum Gasteiger partial charge on any atom is -0.326 e. The number of hydrogen-bond donors (Lipinski definition) is 2. The largest absolute Gasteiger partial charge is 0.326 e. The van der Waals surface area contributed by atoms with E-state index in [2.05, 4.69) is 20.7 Å². The van der Waals surface area contributed by atoms with E-state index in [0.29, 0.717) is 22.6 Å². The van der Waals surface area contributed by atoms with Crippen molar-refractivity contribution in [3.63, 3.8) is 0 Å². The Labute approximate surface area is 157 Å². The van der Waals surface area contributed by atoms with E-state index in [0.717, 1.165) is 17.0 Å². The summed E-state index contributed by atoms with van der Waals surface area (Å²) < 4.78 is 1.80. The highest BCUT2D eigenvalue weighted by Crippen LogP contribution is 2.25. The van der Waals surface area contributed by atoms with Gasteiger partial charge in [0.05, 0.1) is 11.4 Å². The van der Waals surface area contributed by atoms with Crippen LogP contribution in [-0.2, 0) is 11.8 Å². The van der Waals surface area contributed by atoms with Crippen LogP contribution in [0.15, 0.2) is 42.6 Å². The Balaban J connectivity index is 1.80. The van der Waals surface area contributed by atoms with E-state index in [-0.39, 0.29) is 11.8 Å². The maximum Gasteiger partial charge on any atom is 0.255 e. The van der Waals surface area contributed by atoms with Crippen LogP contribution in [0.25, 0.3) is 11.3 Å². The van der Waals surface area contributed by atoms with Crippen molar-refractivity contribution >= 4 is 23.2 Å². The van der Waals surface area contributed by atoms with E-state index in [1.807, 2.05) is 20.9 Å². The number of carbonyl (C=O) groups is 2. The van der Waals surface area contributed by atoms with Gasteiger partial charge >= 0.3 is 0 Å². The Morgan fingerprint density at radius 2 is 1.63 bits per heavy atom. The van der Waals surface area contributed by atoms with Crippen LogP contribution in [0, 0.1) is 13.8 Å². The third-order valence-corrected chi connectivity index (χ3v) is 4.25. The summed E-state index contributed by atoms with van der Waals surface area (Å²) in [5.74, 6) is -0.373. The van der Waals surface area contributed by atoms with Crippen LogP contribution >= 0.6 is 0 Å². The van der Waals surface area contributed by atoms with Gasteiger partial charge in [-0.3, -0.25) is 19.3 Å². The molecule has 0 aliphatic carbocycles.